The van der Waals surface area contributed by atoms with E-state index in [1.165, 1.54) is 11.8 Å². The van der Waals surface area contributed by atoms with Gasteiger partial charge in [-0.2, -0.15) is 11.8 Å². The average molecular weight is 521 g/mol. The van der Waals surface area contributed by atoms with Crippen LogP contribution in [0.4, 0.5) is 0 Å². The van der Waals surface area contributed by atoms with Gasteiger partial charge < -0.3 is 43.4 Å². The number of hydrogen-bond acceptors (Lipinski definition) is 9. The van der Waals surface area contributed by atoms with Crippen LogP contribution in [0.3, 0.4) is 0 Å². The first-order valence-corrected chi connectivity index (χ1v) is 12.4. The number of thioether (sulfide) groups is 1. The van der Waals surface area contributed by atoms with Crippen LogP contribution in [0, 0.1) is 0 Å². The highest BCUT2D eigenvalue weighted by Crippen LogP contribution is 2.07. The lowest BCUT2D eigenvalue weighted by molar-refractivity contribution is -0.143. The molecule has 14 nitrogen and oxygen atoms in total. The molecule has 0 aliphatic rings. The molecule has 0 spiro atoms. The molecule has 35 heavy (non-hydrogen) atoms. The maximum Gasteiger partial charge on any atom is 0.326 e. The van der Waals surface area contributed by atoms with Gasteiger partial charge in [-0.1, -0.05) is 0 Å². The van der Waals surface area contributed by atoms with Gasteiger partial charge in [0.25, 0.3) is 0 Å². The van der Waals surface area contributed by atoms with E-state index in [1.807, 2.05) is 0 Å². The number of unbranched alkanes of at least 4 members (excludes halogenated alkanes) is 1. The number of carboxylic acids is 2. The third kappa shape index (κ3) is 14.2. The van der Waals surface area contributed by atoms with Crippen LogP contribution in [0.15, 0.2) is 0 Å². The normalized spacial score (nSPS) is 14.1. The van der Waals surface area contributed by atoms with Gasteiger partial charge in [0, 0.05) is 6.42 Å². The molecule has 0 saturated carbocycles. The van der Waals surface area contributed by atoms with Gasteiger partial charge in [-0.15, -0.1) is 0 Å². The first-order valence-electron chi connectivity index (χ1n) is 11.0. The van der Waals surface area contributed by atoms with Crippen LogP contribution in [0.2, 0.25) is 0 Å². The fourth-order valence-corrected chi connectivity index (χ4v) is 3.36. The molecule has 0 bridgehead atoms. The lowest BCUT2D eigenvalue weighted by Gasteiger charge is -2.24. The minimum absolute atomic E-state index is 0.107. The van der Waals surface area contributed by atoms with Crippen molar-refractivity contribution in [3.05, 3.63) is 0 Å². The van der Waals surface area contributed by atoms with Crippen LogP contribution < -0.4 is 33.2 Å². The molecule has 15 heteroatoms. The molecule has 0 aromatic heterocycles. The van der Waals surface area contributed by atoms with Crippen LogP contribution in [-0.4, -0.2) is 88.5 Å². The molecule has 0 aromatic rings. The second-order valence-electron chi connectivity index (χ2n) is 7.80. The maximum absolute atomic E-state index is 12.8. The van der Waals surface area contributed by atoms with Gasteiger partial charge in [0.2, 0.25) is 23.6 Å². The number of nitrogens with one attached hydrogen (secondary N) is 3. The van der Waals surface area contributed by atoms with E-state index in [0.717, 1.165) is 0 Å². The summed E-state index contributed by atoms with van der Waals surface area (Å²) in [6.07, 6.45) is 1.90. The summed E-state index contributed by atoms with van der Waals surface area (Å²) in [5, 5.41) is 25.5. The van der Waals surface area contributed by atoms with Gasteiger partial charge in [0.05, 0.1) is 12.5 Å². The van der Waals surface area contributed by atoms with E-state index in [2.05, 4.69) is 16.0 Å². The highest BCUT2D eigenvalue weighted by Gasteiger charge is 2.31. The summed E-state index contributed by atoms with van der Waals surface area (Å²) in [6, 6.07) is -5.16. The molecule has 4 unspecified atom stereocenters. The van der Waals surface area contributed by atoms with E-state index in [1.54, 1.807) is 6.26 Å². The third-order valence-electron chi connectivity index (χ3n) is 4.86. The summed E-state index contributed by atoms with van der Waals surface area (Å²) in [7, 11) is 0. The van der Waals surface area contributed by atoms with Gasteiger partial charge in [-0.3, -0.25) is 24.0 Å². The molecule has 4 amide bonds. The molecule has 0 rings (SSSR count). The second kappa shape index (κ2) is 17.5. The lowest BCUT2D eigenvalue weighted by Crippen LogP contribution is -2.57. The predicted octanol–water partition coefficient (Wildman–Crippen LogP) is -2.52. The largest absolute Gasteiger partial charge is 0.481 e. The van der Waals surface area contributed by atoms with Crippen molar-refractivity contribution in [2.24, 2.45) is 17.2 Å². The van der Waals surface area contributed by atoms with E-state index < -0.39 is 66.2 Å². The Kier molecular flexibility index (Phi) is 16.1. The van der Waals surface area contributed by atoms with Crippen molar-refractivity contribution >= 4 is 47.3 Å². The van der Waals surface area contributed by atoms with Crippen LogP contribution in [0.25, 0.3) is 0 Å². The Balaban J connectivity index is 5.48. The summed E-state index contributed by atoms with van der Waals surface area (Å²) < 4.78 is 0. The van der Waals surface area contributed by atoms with Crippen molar-refractivity contribution in [1.29, 1.82) is 0 Å². The number of carboxylic acid groups (broad SMARTS) is 2. The minimum Gasteiger partial charge on any atom is -0.481 e. The van der Waals surface area contributed by atoms with Crippen LogP contribution in [-0.2, 0) is 28.8 Å². The SMILES string of the molecule is CSCCC(NC(=O)C(CCCCN)NC(=O)C(CC(=O)O)NC(=O)C(N)CCC(N)=O)C(=O)O. The Bertz CT molecular complexity index is 753. The molecule has 200 valence electrons. The molecular weight excluding hydrogens is 484 g/mol. The molecule has 0 fully saturated rings. The maximum atomic E-state index is 12.8. The van der Waals surface area contributed by atoms with Gasteiger partial charge in [-0.05, 0) is 50.7 Å². The van der Waals surface area contributed by atoms with Crippen molar-refractivity contribution in [2.75, 3.05) is 18.6 Å². The molecule has 0 aliphatic carbocycles. The van der Waals surface area contributed by atoms with Crippen molar-refractivity contribution < 1.29 is 39.0 Å². The summed E-state index contributed by atoms with van der Waals surface area (Å²) in [4.78, 5) is 71.5. The number of nitrogens with two attached hydrogens (primary N) is 3. The second-order valence-corrected chi connectivity index (χ2v) is 8.78. The van der Waals surface area contributed by atoms with Crippen LogP contribution in [0.1, 0.15) is 44.9 Å². The Morgan fingerprint density at radius 3 is 1.91 bits per heavy atom. The number of carbonyl (C=O) groups is 6. The molecule has 0 radical (unpaired) electrons. The van der Waals surface area contributed by atoms with Crippen molar-refractivity contribution in [3.8, 4) is 0 Å². The third-order valence-corrected chi connectivity index (χ3v) is 5.50. The van der Waals surface area contributed by atoms with E-state index in [0.29, 0.717) is 25.1 Å². The van der Waals surface area contributed by atoms with Gasteiger partial charge in [0.15, 0.2) is 0 Å². The zero-order valence-corrected chi connectivity index (χ0v) is 20.5. The first kappa shape index (κ1) is 32.1. The summed E-state index contributed by atoms with van der Waals surface area (Å²) in [5.74, 6) is -5.45. The number of aliphatic carboxylic acids is 2. The summed E-state index contributed by atoms with van der Waals surface area (Å²) in [5.41, 5.74) is 16.2. The predicted molar refractivity (Wildman–Crippen MR) is 128 cm³/mol. The molecule has 0 heterocycles. The highest BCUT2D eigenvalue weighted by atomic mass is 32.2. The lowest BCUT2D eigenvalue weighted by atomic mass is 10.1. The van der Waals surface area contributed by atoms with Crippen molar-refractivity contribution in [3.63, 3.8) is 0 Å². The first-order chi connectivity index (χ1) is 16.4. The zero-order valence-electron chi connectivity index (χ0n) is 19.7. The molecule has 0 saturated heterocycles. The Labute approximate surface area is 207 Å². The van der Waals surface area contributed by atoms with Gasteiger partial charge in [0.1, 0.15) is 18.1 Å². The highest BCUT2D eigenvalue weighted by molar-refractivity contribution is 7.98. The van der Waals surface area contributed by atoms with E-state index in [9.17, 15) is 33.9 Å². The quantitative estimate of drug-likeness (QED) is 0.0824. The summed E-state index contributed by atoms with van der Waals surface area (Å²) >= 11 is 1.40. The van der Waals surface area contributed by atoms with E-state index >= 15 is 0 Å². The topological polar surface area (TPSA) is 257 Å². The average Bonchev–Trinajstić information content (AvgIpc) is 2.78. The Morgan fingerprint density at radius 1 is 0.829 bits per heavy atom. The van der Waals surface area contributed by atoms with Gasteiger partial charge >= 0.3 is 11.9 Å². The van der Waals surface area contributed by atoms with E-state index in [-0.39, 0.29) is 25.7 Å². The minimum atomic E-state index is -1.57. The standard InChI is InChI=1S/C20H36N6O8S/c1-35-9-7-13(20(33)34)25-18(31)12(4-2-3-8-21)24-19(32)14(10-16(28)29)26-17(30)11(22)5-6-15(23)27/h11-14H,2-10,21-22H2,1H3,(H2,23,27)(H,24,32)(H,25,31)(H,26,30)(H,28,29)(H,33,34). The molecular formula is C20H36N6O8S. The number of hydrogen-bond donors (Lipinski definition) is 8. The fraction of sp³-hybridized carbons (Fsp3) is 0.700. The van der Waals surface area contributed by atoms with Crippen molar-refractivity contribution in [1.82, 2.24) is 16.0 Å². The zero-order chi connectivity index (χ0) is 27.0. The number of carbonyl (C=O) groups excluding carboxylic acids is 4. The van der Waals surface area contributed by atoms with Crippen LogP contribution in [0.5, 0.6) is 0 Å². The molecule has 4 atom stereocenters. The molecule has 11 N–H and O–H groups in total. The Hall–Kier alpha value is -2.91. The van der Waals surface area contributed by atoms with E-state index in [4.69, 9.17) is 22.3 Å². The Morgan fingerprint density at radius 2 is 1.40 bits per heavy atom. The smallest absolute Gasteiger partial charge is 0.326 e. The number of primary amides is 1. The van der Waals surface area contributed by atoms with Crippen molar-refractivity contribution in [2.45, 2.75) is 69.1 Å². The molecule has 0 aliphatic heterocycles. The number of rotatable bonds is 19. The van der Waals surface area contributed by atoms with Crippen LogP contribution >= 0.6 is 11.8 Å². The van der Waals surface area contributed by atoms with Gasteiger partial charge in [-0.25, -0.2) is 4.79 Å². The molecule has 0 aromatic carbocycles. The summed E-state index contributed by atoms with van der Waals surface area (Å²) in [6.45, 7) is 0.328. The number of amides is 4. The fourth-order valence-electron chi connectivity index (χ4n) is 2.89. The monoisotopic (exact) mass is 520 g/mol.